The molecule has 0 saturated carbocycles. The maximum absolute atomic E-state index is 13.9. The third kappa shape index (κ3) is 4.19. The lowest BCUT2D eigenvalue weighted by Crippen LogP contribution is -2.11. The number of carbonyl (C=O) groups is 1. The molecule has 0 saturated heterocycles. The van der Waals surface area contributed by atoms with Gasteiger partial charge in [0.15, 0.2) is 16.8 Å². The quantitative estimate of drug-likeness (QED) is 0.232. The number of aromatic nitrogens is 5. The molecule has 1 unspecified atom stereocenters. The summed E-state index contributed by atoms with van der Waals surface area (Å²) >= 11 is 1.45. The van der Waals surface area contributed by atoms with Crippen LogP contribution in [0.3, 0.4) is 0 Å². The Bertz CT molecular complexity index is 1380. The second-order valence-electron chi connectivity index (χ2n) is 7.71. The van der Waals surface area contributed by atoms with E-state index in [4.69, 9.17) is 0 Å². The van der Waals surface area contributed by atoms with Gasteiger partial charge in [-0.15, -0.1) is 10.2 Å². The summed E-state index contributed by atoms with van der Waals surface area (Å²) in [5.41, 5.74) is 3.53. The normalized spacial score (nSPS) is 12.2. The minimum absolute atomic E-state index is 0.0418. The van der Waals surface area contributed by atoms with Crippen LogP contribution in [0.4, 0.5) is 0 Å². The molecule has 0 fully saturated rings. The highest BCUT2D eigenvalue weighted by Gasteiger charge is 2.28. The summed E-state index contributed by atoms with van der Waals surface area (Å²) < 4.78 is 2.10. The van der Waals surface area contributed by atoms with Crippen LogP contribution < -0.4 is 0 Å². The molecule has 0 radical (unpaired) electrons. The number of thioether (sulfide) groups is 1. The van der Waals surface area contributed by atoms with Gasteiger partial charge in [0, 0.05) is 47.2 Å². The van der Waals surface area contributed by atoms with Crippen molar-refractivity contribution in [3.8, 4) is 11.4 Å². The Labute approximate surface area is 196 Å². The predicted molar refractivity (Wildman–Crippen MR) is 131 cm³/mol. The predicted octanol–water partition coefficient (Wildman–Crippen LogP) is 5.95. The maximum Gasteiger partial charge on any atom is 0.192 e. The Morgan fingerprint density at radius 3 is 2.55 bits per heavy atom. The van der Waals surface area contributed by atoms with Gasteiger partial charge in [0.05, 0.1) is 0 Å². The van der Waals surface area contributed by atoms with E-state index in [9.17, 15) is 4.79 Å². The molecule has 3 aromatic heterocycles. The molecule has 0 spiro atoms. The molecule has 7 heteroatoms. The van der Waals surface area contributed by atoms with E-state index in [-0.39, 0.29) is 5.78 Å². The molecule has 0 aliphatic rings. The number of H-pyrrole nitrogens is 1. The summed E-state index contributed by atoms with van der Waals surface area (Å²) in [7, 11) is 0. The lowest BCUT2D eigenvalue weighted by molar-refractivity contribution is 0.0991. The zero-order chi connectivity index (χ0) is 22.6. The van der Waals surface area contributed by atoms with Crippen molar-refractivity contribution >= 4 is 28.4 Å². The maximum atomic E-state index is 13.9. The number of fused-ring (bicyclic) bond motifs is 1. The summed E-state index contributed by atoms with van der Waals surface area (Å²) in [6.07, 6.45) is 6.24. The van der Waals surface area contributed by atoms with E-state index in [1.165, 1.54) is 11.8 Å². The smallest absolute Gasteiger partial charge is 0.192 e. The standard InChI is InChI=1S/C26H23N5OS/c1-2-16-31-25(19-12-14-27-15-13-19)29-30-26(31)33-24(18-8-4-3-5-9-18)23(32)21-17-28-22-11-7-6-10-20(21)22/h3-15,17,24,28H,2,16H2,1H3. The van der Waals surface area contributed by atoms with Gasteiger partial charge >= 0.3 is 0 Å². The average Bonchev–Trinajstić information content (AvgIpc) is 3.48. The summed E-state index contributed by atoms with van der Waals surface area (Å²) in [5.74, 6) is 0.827. The van der Waals surface area contributed by atoms with Crippen molar-refractivity contribution < 1.29 is 4.79 Å². The Morgan fingerprint density at radius 2 is 1.76 bits per heavy atom. The zero-order valence-electron chi connectivity index (χ0n) is 18.2. The van der Waals surface area contributed by atoms with E-state index in [0.29, 0.717) is 5.56 Å². The molecule has 3 heterocycles. The number of carbonyl (C=O) groups excluding carboxylic acids is 1. The fourth-order valence-electron chi connectivity index (χ4n) is 3.94. The van der Waals surface area contributed by atoms with Crippen LogP contribution >= 0.6 is 11.8 Å². The topological polar surface area (TPSA) is 76.5 Å². The highest BCUT2D eigenvalue weighted by molar-refractivity contribution is 8.00. The fourth-order valence-corrected chi connectivity index (χ4v) is 5.07. The third-order valence-electron chi connectivity index (χ3n) is 5.52. The van der Waals surface area contributed by atoms with Crippen molar-refractivity contribution in [1.82, 2.24) is 24.7 Å². The van der Waals surface area contributed by atoms with Crippen LogP contribution in [-0.2, 0) is 6.54 Å². The van der Waals surface area contributed by atoms with Crippen molar-refractivity contribution in [3.63, 3.8) is 0 Å². The first-order valence-electron chi connectivity index (χ1n) is 10.9. The van der Waals surface area contributed by atoms with Gasteiger partial charge in [-0.25, -0.2) is 0 Å². The number of benzene rings is 2. The van der Waals surface area contributed by atoms with Gasteiger partial charge in [0.1, 0.15) is 5.25 Å². The molecular weight excluding hydrogens is 430 g/mol. The van der Waals surface area contributed by atoms with Gasteiger partial charge in [0.25, 0.3) is 0 Å². The van der Waals surface area contributed by atoms with E-state index in [2.05, 4.69) is 31.7 Å². The van der Waals surface area contributed by atoms with Crippen molar-refractivity contribution in [2.24, 2.45) is 0 Å². The van der Waals surface area contributed by atoms with Gasteiger partial charge in [-0.1, -0.05) is 67.2 Å². The molecule has 0 aliphatic heterocycles. The zero-order valence-corrected chi connectivity index (χ0v) is 19.0. The second-order valence-corrected chi connectivity index (χ2v) is 8.79. The highest BCUT2D eigenvalue weighted by atomic mass is 32.2. The van der Waals surface area contributed by atoms with Gasteiger partial charge in [0.2, 0.25) is 0 Å². The molecule has 164 valence electrons. The van der Waals surface area contributed by atoms with Crippen LogP contribution in [0.15, 0.2) is 90.5 Å². The van der Waals surface area contributed by atoms with Crippen LogP contribution in [0.1, 0.15) is 34.5 Å². The second kappa shape index (κ2) is 9.42. The number of rotatable bonds is 8. The number of ketones is 1. The molecule has 5 aromatic rings. The molecule has 1 atom stereocenters. The lowest BCUT2D eigenvalue weighted by atomic mass is 10.0. The monoisotopic (exact) mass is 453 g/mol. The number of pyridine rings is 1. The Hall–Kier alpha value is -3.71. The molecule has 0 amide bonds. The SMILES string of the molecule is CCCn1c(SC(C(=O)c2c[nH]c3ccccc23)c2ccccc2)nnc1-c1ccncc1. The minimum atomic E-state index is -0.449. The minimum Gasteiger partial charge on any atom is -0.360 e. The van der Waals surface area contributed by atoms with Crippen LogP contribution in [0.25, 0.3) is 22.3 Å². The number of para-hydroxylation sites is 1. The number of hydrogen-bond acceptors (Lipinski definition) is 5. The van der Waals surface area contributed by atoms with E-state index in [1.54, 1.807) is 12.4 Å². The molecular formula is C26H23N5OS. The third-order valence-corrected chi connectivity index (χ3v) is 6.76. The first-order valence-corrected chi connectivity index (χ1v) is 11.8. The van der Waals surface area contributed by atoms with Crippen LogP contribution in [0.5, 0.6) is 0 Å². The molecule has 1 N–H and O–H groups in total. The van der Waals surface area contributed by atoms with Gasteiger partial charge < -0.3 is 9.55 Å². The fraction of sp³-hybridized carbons (Fsp3) is 0.154. The number of aromatic amines is 1. The molecule has 0 aliphatic carbocycles. The first-order chi connectivity index (χ1) is 16.3. The average molecular weight is 454 g/mol. The van der Waals surface area contributed by atoms with Gasteiger partial charge in [-0.05, 0) is 30.2 Å². The van der Waals surface area contributed by atoms with E-state index < -0.39 is 5.25 Å². The molecule has 0 bridgehead atoms. The summed E-state index contributed by atoms with van der Waals surface area (Å²) in [4.78, 5) is 21.2. The molecule has 2 aromatic carbocycles. The van der Waals surface area contributed by atoms with Gasteiger partial charge in [-0.2, -0.15) is 0 Å². The van der Waals surface area contributed by atoms with E-state index in [0.717, 1.165) is 46.0 Å². The summed E-state index contributed by atoms with van der Waals surface area (Å²) in [5, 5.41) is 10.2. The number of Topliss-reactive ketones (excluding diaryl/α,β-unsaturated/α-hetero) is 1. The highest BCUT2D eigenvalue weighted by Crippen LogP contribution is 2.39. The largest absolute Gasteiger partial charge is 0.360 e. The number of hydrogen-bond donors (Lipinski definition) is 1. The van der Waals surface area contributed by atoms with Crippen LogP contribution in [0.2, 0.25) is 0 Å². The first kappa shape index (κ1) is 21.2. The number of nitrogens with zero attached hydrogens (tertiary/aromatic N) is 4. The van der Waals surface area contributed by atoms with Crippen molar-refractivity contribution in [2.45, 2.75) is 30.3 Å². The Morgan fingerprint density at radius 1 is 1.00 bits per heavy atom. The van der Waals surface area contributed by atoms with E-state index >= 15 is 0 Å². The van der Waals surface area contributed by atoms with Crippen LogP contribution in [-0.4, -0.2) is 30.5 Å². The lowest BCUT2D eigenvalue weighted by Gasteiger charge is -2.16. The Kier molecular flexibility index (Phi) is 6.04. The van der Waals surface area contributed by atoms with Crippen molar-refractivity contribution in [2.75, 3.05) is 0 Å². The van der Waals surface area contributed by atoms with Crippen molar-refractivity contribution in [3.05, 3.63) is 96.4 Å². The van der Waals surface area contributed by atoms with Crippen LogP contribution in [0, 0.1) is 0 Å². The number of nitrogens with one attached hydrogen (secondary N) is 1. The summed E-state index contributed by atoms with van der Waals surface area (Å²) in [6, 6.07) is 21.6. The summed E-state index contributed by atoms with van der Waals surface area (Å²) in [6.45, 7) is 2.88. The molecule has 33 heavy (non-hydrogen) atoms. The molecule has 5 rings (SSSR count). The van der Waals surface area contributed by atoms with E-state index in [1.807, 2.05) is 72.9 Å². The Balaban J connectivity index is 1.57. The molecule has 6 nitrogen and oxygen atoms in total. The van der Waals surface area contributed by atoms with Crippen molar-refractivity contribution in [1.29, 1.82) is 0 Å². The van der Waals surface area contributed by atoms with Gasteiger partial charge in [-0.3, -0.25) is 9.78 Å².